The number of carbonyl (C=O) groups is 3. The van der Waals surface area contributed by atoms with Crippen LogP contribution < -0.4 is 15.0 Å². The molecule has 3 amide bonds. The van der Waals surface area contributed by atoms with Crippen LogP contribution in [0.15, 0.2) is 106 Å². The van der Waals surface area contributed by atoms with Gasteiger partial charge in [0.05, 0.1) is 28.5 Å². The Morgan fingerprint density at radius 2 is 1.07 bits per heavy atom. The molecule has 0 saturated carbocycles. The summed E-state index contributed by atoms with van der Waals surface area (Å²) in [6, 6.07) is 27.2. The second kappa shape index (κ2) is 9.68. The highest BCUT2D eigenvalue weighted by Crippen LogP contribution is 2.51. The molecule has 3 aliphatic heterocycles. The van der Waals surface area contributed by atoms with Gasteiger partial charge in [0.15, 0.2) is 0 Å². The van der Waals surface area contributed by atoms with Gasteiger partial charge in [-0.05, 0) is 56.7 Å². The molecule has 0 spiro atoms. The molecule has 6 rings (SSSR count). The molecule has 0 aliphatic carbocycles. The van der Waals surface area contributed by atoms with Crippen molar-refractivity contribution in [3.63, 3.8) is 0 Å². The van der Waals surface area contributed by atoms with E-state index in [9.17, 15) is 14.4 Å². The summed E-state index contributed by atoms with van der Waals surface area (Å²) < 4.78 is 0. The Balaban J connectivity index is 1.53. The normalized spacial score (nSPS) is 24.5. The van der Waals surface area contributed by atoms with Crippen LogP contribution in [-0.2, 0) is 14.4 Å². The van der Waals surface area contributed by atoms with Crippen molar-refractivity contribution >= 4 is 51.9 Å². The second-order valence-electron chi connectivity index (χ2n) is 10.0. The van der Waals surface area contributed by atoms with Crippen molar-refractivity contribution in [3.8, 4) is 0 Å². The summed E-state index contributed by atoms with van der Waals surface area (Å²) in [4.78, 5) is 43.4. The minimum atomic E-state index is -1.65. The highest BCUT2D eigenvalue weighted by molar-refractivity contribution is 6.33. The van der Waals surface area contributed by atoms with Crippen LogP contribution in [0.1, 0.15) is 27.2 Å². The van der Waals surface area contributed by atoms with Gasteiger partial charge in [-0.25, -0.2) is 10.0 Å². The molecule has 0 saturated heterocycles. The number of carbonyl (C=O) groups excluding carboxylic acids is 3. The largest absolute Gasteiger partial charge is 0.272 e. The first-order valence-corrected chi connectivity index (χ1v) is 13.2. The first-order valence-electron chi connectivity index (χ1n) is 13.2. The van der Waals surface area contributed by atoms with Crippen molar-refractivity contribution in [1.29, 1.82) is 0 Å². The van der Waals surface area contributed by atoms with Gasteiger partial charge in [0, 0.05) is 5.71 Å². The molecule has 40 heavy (non-hydrogen) atoms. The van der Waals surface area contributed by atoms with Gasteiger partial charge in [0.2, 0.25) is 0 Å². The predicted octanol–water partition coefficient (Wildman–Crippen LogP) is 4.86. The zero-order valence-electron chi connectivity index (χ0n) is 22.4. The predicted molar refractivity (Wildman–Crippen MR) is 155 cm³/mol. The molecule has 0 aromatic heterocycles. The van der Waals surface area contributed by atoms with Crippen molar-refractivity contribution in [1.82, 2.24) is 0 Å². The number of rotatable bonds is 6. The minimum Gasteiger partial charge on any atom is -0.272 e. The summed E-state index contributed by atoms with van der Waals surface area (Å²) in [5.74, 6) is -3.31. The Labute approximate surface area is 232 Å². The van der Waals surface area contributed by atoms with Gasteiger partial charge >= 0.3 is 0 Å². The zero-order valence-corrected chi connectivity index (χ0v) is 22.4. The van der Waals surface area contributed by atoms with Gasteiger partial charge in [-0.3, -0.25) is 14.4 Å². The van der Waals surface area contributed by atoms with Crippen molar-refractivity contribution in [2.24, 2.45) is 32.6 Å². The third-order valence-corrected chi connectivity index (χ3v) is 7.82. The molecule has 0 radical (unpaired) electrons. The Morgan fingerprint density at radius 3 is 1.57 bits per heavy atom. The number of hydrogen-bond acceptors (Lipinski definition) is 6. The average molecular weight is 533 g/mol. The number of benzene rings is 3. The van der Waals surface area contributed by atoms with E-state index in [-0.39, 0.29) is 11.8 Å². The number of hydrazone groups is 3. The lowest BCUT2D eigenvalue weighted by Crippen LogP contribution is -2.59. The lowest BCUT2D eigenvalue weighted by atomic mass is 9.60. The molecule has 200 valence electrons. The highest BCUT2D eigenvalue weighted by Gasteiger charge is 2.68. The molecule has 0 unspecified atom stereocenters. The van der Waals surface area contributed by atoms with Crippen LogP contribution >= 0.6 is 0 Å². The fourth-order valence-electron chi connectivity index (χ4n) is 6.01. The smallest absolute Gasteiger partial charge is 0.261 e. The Kier molecular flexibility index (Phi) is 6.14. The summed E-state index contributed by atoms with van der Waals surface area (Å²) in [5.41, 5.74) is 1.40. The molecule has 3 aliphatic rings. The number of amides is 3. The van der Waals surface area contributed by atoms with Crippen molar-refractivity contribution in [2.75, 3.05) is 15.0 Å². The van der Waals surface area contributed by atoms with Gasteiger partial charge in [0.25, 0.3) is 17.7 Å². The summed E-state index contributed by atoms with van der Waals surface area (Å²) in [6.07, 6.45) is 0.410. The van der Waals surface area contributed by atoms with Gasteiger partial charge in [-0.2, -0.15) is 20.3 Å². The lowest BCUT2D eigenvalue weighted by Gasteiger charge is -2.37. The molecule has 0 bridgehead atoms. The Hall–Kier alpha value is -4.92. The van der Waals surface area contributed by atoms with Crippen LogP contribution in [0.5, 0.6) is 0 Å². The summed E-state index contributed by atoms with van der Waals surface area (Å²) in [5, 5.41) is 18.0. The molecule has 3 aromatic carbocycles. The fourth-order valence-corrected chi connectivity index (χ4v) is 6.01. The van der Waals surface area contributed by atoms with Gasteiger partial charge in [0.1, 0.15) is 17.3 Å². The van der Waals surface area contributed by atoms with E-state index in [2.05, 4.69) is 5.10 Å². The number of para-hydroxylation sites is 3. The van der Waals surface area contributed by atoms with E-state index in [1.807, 2.05) is 61.5 Å². The van der Waals surface area contributed by atoms with Crippen molar-refractivity contribution in [2.45, 2.75) is 27.2 Å². The number of hydrogen-bond donors (Lipinski definition) is 0. The molecular weight excluding hydrogens is 504 g/mol. The summed E-state index contributed by atoms with van der Waals surface area (Å²) >= 11 is 0. The molecule has 9 nitrogen and oxygen atoms in total. The lowest BCUT2D eigenvalue weighted by molar-refractivity contribution is -0.136. The monoisotopic (exact) mass is 532 g/mol. The van der Waals surface area contributed by atoms with E-state index >= 15 is 0 Å². The van der Waals surface area contributed by atoms with Gasteiger partial charge < -0.3 is 0 Å². The fraction of sp³-hybridized carbons (Fsp3) is 0.226. The molecule has 3 heterocycles. The van der Waals surface area contributed by atoms with Crippen molar-refractivity contribution in [3.05, 3.63) is 91.0 Å². The van der Waals surface area contributed by atoms with Crippen LogP contribution in [0, 0.1) is 17.3 Å². The maximum atomic E-state index is 14.8. The second-order valence-corrected chi connectivity index (χ2v) is 10.0. The Morgan fingerprint density at radius 1 is 0.625 bits per heavy atom. The van der Waals surface area contributed by atoms with Crippen LogP contribution in [0.4, 0.5) is 17.1 Å². The molecule has 3 aromatic rings. The van der Waals surface area contributed by atoms with E-state index in [1.54, 1.807) is 50.2 Å². The standard InChI is InChI=1S/C31H28N6O3/c1-4-25-27(29(39)36(34-25)23-16-10-6-11-17-23)31(21(3)33-37(30(31)40)24-18-12-7-13-19-24)26-20(2)32-35(28(26)38)22-14-8-5-9-15-22/h5-19,26-27H,4H2,1-3H3/t26-,27-,31-/m1/s1. The van der Waals surface area contributed by atoms with E-state index < -0.39 is 23.2 Å². The summed E-state index contributed by atoms with van der Waals surface area (Å²) in [6.45, 7) is 5.35. The van der Waals surface area contributed by atoms with E-state index in [1.165, 1.54) is 15.0 Å². The molecule has 0 N–H and O–H groups in total. The van der Waals surface area contributed by atoms with Crippen LogP contribution in [-0.4, -0.2) is 34.9 Å². The van der Waals surface area contributed by atoms with Gasteiger partial charge in [-0.15, -0.1) is 0 Å². The molecule has 0 fully saturated rings. The molecule has 9 heteroatoms. The minimum absolute atomic E-state index is 0.374. The quantitative estimate of drug-likeness (QED) is 0.453. The molecule has 3 atom stereocenters. The van der Waals surface area contributed by atoms with Crippen molar-refractivity contribution < 1.29 is 14.4 Å². The maximum absolute atomic E-state index is 14.8. The van der Waals surface area contributed by atoms with Gasteiger partial charge in [-0.1, -0.05) is 61.5 Å². The van der Waals surface area contributed by atoms with E-state index in [0.29, 0.717) is 40.6 Å². The van der Waals surface area contributed by atoms with Crippen LogP contribution in [0.3, 0.4) is 0 Å². The van der Waals surface area contributed by atoms with Crippen LogP contribution in [0.2, 0.25) is 0 Å². The first kappa shape index (κ1) is 25.4. The first-order chi connectivity index (χ1) is 19.4. The highest BCUT2D eigenvalue weighted by atomic mass is 16.2. The van der Waals surface area contributed by atoms with Crippen LogP contribution in [0.25, 0.3) is 0 Å². The molecular formula is C31H28N6O3. The summed E-state index contributed by atoms with van der Waals surface area (Å²) in [7, 11) is 0. The average Bonchev–Trinajstić information content (AvgIpc) is 3.58. The topological polar surface area (TPSA) is 98.0 Å². The number of nitrogens with zero attached hydrogens (tertiary/aromatic N) is 6. The zero-order chi connectivity index (χ0) is 28.0. The third kappa shape index (κ3) is 3.61. The van der Waals surface area contributed by atoms with E-state index in [4.69, 9.17) is 10.2 Å². The third-order valence-electron chi connectivity index (χ3n) is 7.82. The maximum Gasteiger partial charge on any atom is 0.261 e. The SMILES string of the molecule is CCC1=NN(c2ccccc2)C(=O)[C@@H]1[C@@]1([C@H]2C(=O)N(c3ccccc3)N=C2C)C(=O)N(c2ccccc2)N=C1C. The Bertz CT molecular complexity index is 1590. The van der Waals surface area contributed by atoms with E-state index in [0.717, 1.165) is 0 Å². The number of anilines is 3.